The molecule has 1 aliphatic heterocycles. The van der Waals surface area contributed by atoms with Crippen molar-refractivity contribution in [3.63, 3.8) is 0 Å². The molecule has 1 fully saturated rings. The fraction of sp³-hybridized carbons (Fsp3) is 0.533. The van der Waals surface area contributed by atoms with Crippen molar-refractivity contribution >= 4 is 5.97 Å². The number of carbonyl (C=O) groups is 1. The minimum absolute atomic E-state index is 0.102. The van der Waals surface area contributed by atoms with Gasteiger partial charge in [-0.1, -0.05) is 30.3 Å². The molecule has 2 rings (SSSR count). The number of ether oxygens (including phenoxy) is 1. The number of esters is 1. The van der Waals surface area contributed by atoms with Gasteiger partial charge in [-0.3, -0.25) is 4.79 Å². The van der Waals surface area contributed by atoms with Crippen molar-refractivity contribution in [1.82, 2.24) is 5.32 Å². The third-order valence-corrected chi connectivity index (χ3v) is 3.45. The first-order valence-electron chi connectivity index (χ1n) is 6.73. The smallest absolute Gasteiger partial charge is 0.323 e. The monoisotopic (exact) mass is 247 g/mol. The molecule has 1 N–H and O–H groups in total. The second-order valence-corrected chi connectivity index (χ2v) is 4.84. The summed E-state index contributed by atoms with van der Waals surface area (Å²) in [5.74, 6) is 0.471. The van der Waals surface area contributed by atoms with Crippen molar-refractivity contribution in [2.24, 2.45) is 5.92 Å². The Morgan fingerprint density at radius 3 is 2.89 bits per heavy atom. The quantitative estimate of drug-likeness (QED) is 0.829. The van der Waals surface area contributed by atoms with Gasteiger partial charge in [0.05, 0.1) is 6.61 Å². The molecule has 2 atom stereocenters. The van der Waals surface area contributed by atoms with Crippen LogP contribution in [0.15, 0.2) is 30.3 Å². The minimum Gasteiger partial charge on any atom is -0.465 e. The zero-order valence-corrected chi connectivity index (χ0v) is 10.9. The number of benzene rings is 1. The van der Waals surface area contributed by atoms with E-state index in [-0.39, 0.29) is 12.0 Å². The molecule has 0 spiro atoms. The van der Waals surface area contributed by atoms with Gasteiger partial charge in [0.1, 0.15) is 6.04 Å². The van der Waals surface area contributed by atoms with Crippen molar-refractivity contribution in [2.45, 2.75) is 32.2 Å². The highest BCUT2D eigenvalue weighted by Crippen LogP contribution is 2.21. The highest BCUT2D eigenvalue weighted by molar-refractivity contribution is 5.75. The predicted molar refractivity (Wildman–Crippen MR) is 71.3 cm³/mol. The number of piperidine rings is 1. The van der Waals surface area contributed by atoms with E-state index in [2.05, 4.69) is 29.6 Å². The molecule has 98 valence electrons. The van der Waals surface area contributed by atoms with Crippen molar-refractivity contribution in [1.29, 1.82) is 0 Å². The van der Waals surface area contributed by atoms with Crippen LogP contribution in [-0.4, -0.2) is 25.2 Å². The van der Waals surface area contributed by atoms with Crippen molar-refractivity contribution < 1.29 is 9.53 Å². The molecule has 1 aromatic carbocycles. The lowest BCUT2D eigenvalue weighted by atomic mass is 9.87. The maximum absolute atomic E-state index is 11.7. The summed E-state index contributed by atoms with van der Waals surface area (Å²) in [7, 11) is 0. The van der Waals surface area contributed by atoms with Crippen LogP contribution >= 0.6 is 0 Å². The van der Waals surface area contributed by atoms with Gasteiger partial charge in [-0.25, -0.2) is 0 Å². The average Bonchev–Trinajstić information content (AvgIpc) is 2.40. The first-order valence-corrected chi connectivity index (χ1v) is 6.73. The number of rotatable bonds is 4. The van der Waals surface area contributed by atoms with Gasteiger partial charge in [-0.15, -0.1) is 0 Å². The van der Waals surface area contributed by atoms with E-state index >= 15 is 0 Å². The standard InChI is InChI=1S/C15H21NO2/c1-2-18-15(17)14-11-13(8-9-16-14)10-12-6-4-3-5-7-12/h3-7,13-14,16H,2,8-11H2,1H3/t13-,14-/m0/s1. The molecule has 1 aromatic rings. The summed E-state index contributed by atoms with van der Waals surface area (Å²) in [5.41, 5.74) is 1.35. The highest BCUT2D eigenvalue weighted by atomic mass is 16.5. The Morgan fingerprint density at radius 2 is 2.17 bits per heavy atom. The van der Waals surface area contributed by atoms with Crippen molar-refractivity contribution in [3.8, 4) is 0 Å². The van der Waals surface area contributed by atoms with Gasteiger partial charge in [0, 0.05) is 0 Å². The maximum atomic E-state index is 11.7. The second kappa shape index (κ2) is 6.55. The molecule has 0 saturated carbocycles. The Kier molecular flexibility index (Phi) is 4.76. The molecular formula is C15H21NO2. The zero-order chi connectivity index (χ0) is 12.8. The molecule has 0 amide bonds. The van der Waals surface area contributed by atoms with Gasteiger partial charge < -0.3 is 10.1 Å². The van der Waals surface area contributed by atoms with E-state index < -0.39 is 0 Å². The predicted octanol–water partition coefficient (Wildman–Crippen LogP) is 2.16. The van der Waals surface area contributed by atoms with Gasteiger partial charge in [0.15, 0.2) is 0 Å². The maximum Gasteiger partial charge on any atom is 0.323 e. The van der Waals surface area contributed by atoms with Crippen LogP contribution < -0.4 is 5.32 Å². The van der Waals surface area contributed by atoms with Crippen LogP contribution in [0.5, 0.6) is 0 Å². The van der Waals surface area contributed by atoms with Gasteiger partial charge in [-0.2, -0.15) is 0 Å². The molecule has 1 aliphatic rings. The van der Waals surface area contributed by atoms with E-state index in [1.807, 2.05) is 13.0 Å². The average molecular weight is 247 g/mol. The molecule has 1 heterocycles. The molecule has 3 nitrogen and oxygen atoms in total. The Balaban J connectivity index is 1.89. The summed E-state index contributed by atoms with van der Waals surface area (Å²) in [6.45, 7) is 3.21. The van der Waals surface area contributed by atoms with Crippen LogP contribution in [0.2, 0.25) is 0 Å². The Bertz CT molecular complexity index is 377. The minimum atomic E-state index is -0.118. The molecule has 0 aliphatic carbocycles. The van der Waals surface area contributed by atoms with E-state index in [9.17, 15) is 4.79 Å². The van der Waals surface area contributed by atoms with Crippen LogP contribution in [0.1, 0.15) is 25.3 Å². The normalized spacial score (nSPS) is 23.6. The number of carbonyl (C=O) groups excluding carboxylic acids is 1. The SMILES string of the molecule is CCOC(=O)[C@@H]1C[C@H](Cc2ccccc2)CCN1. The third-order valence-electron chi connectivity index (χ3n) is 3.45. The number of hydrogen-bond acceptors (Lipinski definition) is 3. The van der Waals surface area contributed by atoms with Crippen LogP contribution in [0.4, 0.5) is 0 Å². The lowest BCUT2D eigenvalue weighted by Crippen LogP contribution is -2.44. The largest absolute Gasteiger partial charge is 0.465 e. The lowest BCUT2D eigenvalue weighted by Gasteiger charge is -2.29. The Morgan fingerprint density at radius 1 is 1.39 bits per heavy atom. The molecule has 1 saturated heterocycles. The second-order valence-electron chi connectivity index (χ2n) is 4.84. The van der Waals surface area contributed by atoms with E-state index in [0.717, 1.165) is 25.8 Å². The summed E-state index contributed by atoms with van der Waals surface area (Å²) < 4.78 is 5.08. The third kappa shape index (κ3) is 3.57. The Hall–Kier alpha value is -1.35. The summed E-state index contributed by atoms with van der Waals surface area (Å²) in [6, 6.07) is 10.4. The lowest BCUT2D eigenvalue weighted by molar-refractivity contribution is -0.146. The van der Waals surface area contributed by atoms with Gasteiger partial charge in [0.25, 0.3) is 0 Å². The van der Waals surface area contributed by atoms with Gasteiger partial charge >= 0.3 is 5.97 Å². The molecule has 0 bridgehead atoms. The van der Waals surface area contributed by atoms with Crippen molar-refractivity contribution in [2.75, 3.05) is 13.2 Å². The molecule has 3 heteroatoms. The number of nitrogens with one attached hydrogen (secondary N) is 1. The van der Waals surface area contributed by atoms with Crippen LogP contribution in [0.25, 0.3) is 0 Å². The Labute approximate surface area is 109 Å². The molecule has 0 radical (unpaired) electrons. The summed E-state index contributed by atoms with van der Waals surface area (Å²) in [6.07, 6.45) is 3.07. The van der Waals surface area contributed by atoms with Crippen LogP contribution in [0.3, 0.4) is 0 Å². The molecule has 0 unspecified atom stereocenters. The first kappa shape index (κ1) is 13.1. The van der Waals surface area contributed by atoms with Crippen LogP contribution in [-0.2, 0) is 16.0 Å². The van der Waals surface area contributed by atoms with Crippen LogP contribution in [0, 0.1) is 5.92 Å². The summed E-state index contributed by atoms with van der Waals surface area (Å²) in [4.78, 5) is 11.7. The van der Waals surface area contributed by atoms with E-state index in [1.165, 1.54) is 5.56 Å². The fourth-order valence-corrected chi connectivity index (χ4v) is 2.55. The molecule has 18 heavy (non-hydrogen) atoms. The van der Waals surface area contributed by atoms with Gasteiger partial charge in [0.2, 0.25) is 0 Å². The van der Waals surface area contributed by atoms with Gasteiger partial charge in [-0.05, 0) is 44.2 Å². The highest BCUT2D eigenvalue weighted by Gasteiger charge is 2.27. The van der Waals surface area contributed by atoms with E-state index in [4.69, 9.17) is 4.74 Å². The summed E-state index contributed by atoms with van der Waals surface area (Å²) in [5, 5.41) is 3.24. The summed E-state index contributed by atoms with van der Waals surface area (Å²) >= 11 is 0. The topological polar surface area (TPSA) is 38.3 Å². The number of hydrogen-bond donors (Lipinski definition) is 1. The molecule has 0 aromatic heterocycles. The first-order chi connectivity index (χ1) is 8.79. The fourth-order valence-electron chi connectivity index (χ4n) is 2.55. The molecular weight excluding hydrogens is 226 g/mol. The van der Waals surface area contributed by atoms with E-state index in [0.29, 0.717) is 12.5 Å². The van der Waals surface area contributed by atoms with Crippen molar-refractivity contribution in [3.05, 3.63) is 35.9 Å². The van der Waals surface area contributed by atoms with E-state index in [1.54, 1.807) is 0 Å². The zero-order valence-electron chi connectivity index (χ0n) is 10.9.